The molecule has 1 aromatic carbocycles. The summed E-state index contributed by atoms with van der Waals surface area (Å²) in [7, 11) is 1.61. The van der Waals surface area contributed by atoms with E-state index in [0.29, 0.717) is 34.5 Å². The lowest BCUT2D eigenvalue weighted by Gasteiger charge is -2.03. The highest BCUT2D eigenvalue weighted by atomic mass is 32.1. The highest BCUT2D eigenvalue weighted by Gasteiger charge is 2.23. The van der Waals surface area contributed by atoms with E-state index in [0.717, 1.165) is 11.1 Å². The zero-order valence-corrected chi connectivity index (χ0v) is 13.8. The maximum Gasteiger partial charge on any atom is 0.254 e. The van der Waals surface area contributed by atoms with E-state index in [1.165, 1.54) is 0 Å². The summed E-state index contributed by atoms with van der Waals surface area (Å²) >= 11 is 1.59. The number of nitrogens with zero attached hydrogens (tertiary/aromatic N) is 3. The molecule has 0 radical (unpaired) electrons. The van der Waals surface area contributed by atoms with E-state index in [1.807, 2.05) is 48.0 Å². The van der Waals surface area contributed by atoms with Gasteiger partial charge in [-0.15, -0.1) is 10.2 Å². The van der Waals surface area contributed by atoms with Crippen LogP contribution in [0.2, 0.25) is 0 Å². The Hall–Kier alpha value is -2.93. The van der Waals surface area contributed by atoms with Gasteiger partial charge >= 0.3 is 0 Å². The number of hydrogen-bond donors (Lipinski definition) is 0. The Morgan fingerprint density at radius 2 is 1.92 bits per heavy atom. The van der Waals surface area contributed by atoms with Crippen molar-refractivity contribution in [3.8, 4) is 39.9 Å². The number of thiophene rings is 1. The topological polar surface area (TPSA) is 74.2 Å². The van der Waals surface area contributed by atoms with Gasteiger partial charge in [-0.3, -0.25) is 0 Å². The van der Waals surface area contributed by atoms with Crippen LogP contribution in [0.1, 0.15) is 5.76 Å². The van der Waals surface area contributed by atoms with Crippen LogP contribution in [0.15, 0.2) is 50.0 Å². The zero-order chi connectivity index (χ0) is 16.5. The molecule has 0 unspecified atom stereocenters. The van der Waals surface area contributed by atoms with Gasteiger partial charge in [0.15, 0.2) is 0 Å². The Balaban J connectivity index is 1.81. The van der Waals surface area contributed by atoms with Crippen LogP contribution in [-0.4, -0.2) is 22.5 Å². The first-order valence-electron chi connectivity index (χ1n) is 7.24. The fraction of sp³-hybridized carbons (Fsp3) is 0.118. The van der Waals surface area contributed by atoms with Gasteiger partial charge in [-0.1, -0.05) is 17.3 Å². The molecule has 0 fully saturated rings. The van der Waals surface area contributed by atoms with Gasteiger partial charge in [0.25, 0.3) is 11.8 Å². The van der Waals surface area contributed by atoms with Crippen LogP contribution in [0, 0.1) is 6.92 Å². The van der Waals surface area contributed by atoms with Gasteiger partial charge in [-0.2, -0.15) is 11.3 Å². The predicted molar refractivity (Wildman–Crippen MR) is 89.8 cm³/mol. The van der Waals surface area contributed by atoms with E-state index in [-0.39, 0.29) is 0 Å². The lowest BCUT2D eigenvalue weighted by Crippen LogP contribution is -1.87. The second kappa shape index (κ2) is 5.93. The lowest BCUT2D eigenvalue weighted by atomic mass is 10.1. The summed E-state index contributed by atoms with van der Waals surface area (Å²) in [5, 5.41) is 16.4. The SMILES string of the molecule is COc1ccccc1-c1nnc(-c2c(-c3ccsc3)noc2C)o1. The minimum atomic E-state index is 0.371. The summed E-state index contributed by atoms with van der Waals surface area (Å²) < 4.78 is 16.6. The van der Waals surface area contributed by atoms with Crippen LogP contribution in [0.3, 0.4) is 0 Å². The summed E-state index contributed by atoms with van der Waals surface area (Å²) in [6.45, 7) is 1.82. The molecule has 0 saturated carbocycles. The zero-order valence-electron chi connectivity index (χ0n) is 13.0. The van der Waals surface area contributed by atoms with E-state index < -0.39 is 0 Å². The molecule has 6 nitrogen and oxygen atoms in total. The Morgan fingerprint density at radius 1 is 1.08 bits per heavy atom. The number of aryl methyl sites for hydroxylation is 1. The summed E-state index contributed by atoms with van der Waals surface area (Å²) in [5.41, 5.74) is 3.11. The van der Waals surface area contributed by atoms with E-state index in [2.05, 4.69) is 15.4 Å². The predicted octanol–water partition coefficient (Wildman–Crippen LogP) is 4.44. The highest BCUT2D eigenvalue weighted by Crippen LogP contribution is 2.36. The number of hydrogen-bond acceptors (Lipinski definition) is 7. The van der Waals surface area contributed by atoms with E-state index in [4.69, 9.17) is 13.7 Å². The van der Waals surface area contributed by atoms with Crippen molar-refractivity contribution in [3.05, 3.63) is 46.9 Å². The Kier molecular flexibility index (Phi) is 3.62. The maximum absolute atomic E-state index is 5.88. The molecule has 4 rings (SSSR count). The van der Waals surface area contributed by atoms with Crippen molar-refractivity contribution in [1.82, 2.24) is 15.4 Å². The van der Waals surface area contributed by atoms with Gasteiger partial charge in [-0.25, -0.2) is 0 Å². The van der Waals surface area contributed by atoms with Gasteiger partial charge in [0.2, 0.25) is 0 Å². The molecule has 0 aliphatic rings. The number of para-hydroxylation sites is 1. The van der Waals surface area contributed by atoms with Crippen LogP contribution in [0.25, 0.3) is 34.2 Å². The second-order valence-electron chi connectivity index (χ2n) is 5.09. The molecule has 0 N–H and O–H groups in total. The molecule has 0 saturated heterocycles. The van der Waals surface area contributed by atoms with Gasteiger partial charge in [0.1, 0.15) is 22.8 Å². The normalized spacial score (nSPS) is 10.9. The van der Waals surface area contributed by atoms with Crippen molar-refractivity contribution in [1.29, 1.82) is 0 Å². The summed E-state index contributed by atoms with van der Waals surface area (Å²) in [4.78, 5) is 0. The number of rotatable bonds is 4. The second-order valence-corrected chi connectivity index (χ2v) is 5.87. The fourth-order valence-electron chi connectivity index (χ4n) is 2.47. The largest absolute Gasteiger partial charge is 0.496 e. The van der Waals surface area contributed by atoms with Gasteiger partial charge in [-0.05, 0) is 30.5 Å². The number of ether oxygens (including phenoxy) is 1. The molecule has 3 heterocycles. The quantitative estimate of drug-likeness (QED) is 0.547. The molecular formula is C17H13N3O3S. The Morgan fingerprint density at radius 3 is 2.71 bits per heavy atom. The van der Waals surface area contributed by atoms with Crippen molar-refractivity contribution >= 4 is 11.3 Å². The third kappa shape index (κ3) is 2.39. The third-order valence-corrected chi connectivity index (χ3v) is 4.32. The highest BCUT2D eigenvalue weighted by molar-refractivity contribution is 7.08. The van der Waals surface area contributed by atoms with Crippen LogP contribution in [0.5, 0.6) is 5.75 Å². The van der Waals surface area contributed by atoms with Crippen LogP contribution in [-0.2, 0) is 0 Å². The molecule has 3 aromatic heterocycles. The molecule has 7 heteroatoms. The van der Waals surface area contributed by atoms with E-state index in [1.54, 1.807) is 18.4 Å². The lowest BCUT2D eigenvalue weighted by molar-refractivity contribution is 0.399. The average molecular weight is 339 g/mol. The first kappa shape index (κ1) is 14.6. The molecule has 0 aliphatic heterocycles. The van der Waals surface area contributed by atoms with E-state index >= 15 is 0 Å². The van der Waals surface area contributed by atoms with Crippen LogP contribution < -0.4 is 4.74 Å². The Labute approximate surface area is 141 Å². The molecular weight excluding hydrogens is 326 g/mol. The number of benzene rings is 1. The minimum Gasteiger partial charge on any atom is -0.496 e. The van der Waals surface area contributed by atoms with Gasteiger partial charge in [0, 0.05) is 10.9 Å². The van der Waals surface area contributed by atoms with Gasteiger partial charge < -0.3 is 13.7 Å². The fourth-order valence-corrected chi connectivity index (χ4v) is 3.12. The summed E-state index contributed by atoms with van der Waals surface area (Å²) in [6, 6.07) is 9.47. The standard InChI is InChI=1S/C17H13N3O3S/c1-10-14(15(20-23-10)11-7-8-24-9-11)17-19-18-16(22-17)12-5-3-4-6-13(12)21-2/h3-9H,1-2H3. The van der Waals surface area contributed by atoms with Crippen molar-refractivity contribution < 1.29 is 13.7 Å². The third-order valence-electron chi connectivity index (χ3n) is 3.63. The molecule has 0 spiro atoms. The summed E-state index contributed by atoms with van der Waals surface area (Å²) in [5.74, 6) is 2.06. The number of methoxy groups -OCH3 is 1. The maximum atomic E-state index is 5.88. The van der Waals surface area contributed by atoms with Crippen molar-refractivity contribution in [2.75, 3.05) is 7.11 Å². The van der Waals surface area contributed by atoms with E-state index in [9.17, 15) is 0 Å². The van der Waals surface area contributed by atoms with Gasteiger partial charge in [0.05, 0.1) is 12.7 Å². The first-order valence-corrected chi connectivity index (χ1v) is 8.18. The molecule has 4 aromatic rings. The molecule has 120 valence electrons. The van der Waals surface area contributed by atoms with Crippen molar-refractivity contribution in [2.45, 2.75) is 6.92 Å². The first-order chi connectivity index (χ1) is 11.8. The minimum absolute atomic E-state index is 0.371. The molecule has 0 atom stereocenters. The average Bonchev–Trinajstić information content (AvgIpc) is 3.34. The van der Waals surface area contributed by atoms with Crippen molar-refractivity contribution in [3.63, 3.8) is 0 Å². The molecule has 0 amide bonds. The smallest absolute Gasteiger partial charge is 0.254 e. The molecule has 0 aliphatic carbocycles. The monoisotopic (exact) mass is 339 g/mol. The Bertz CT molecular complexity index is 973. The van der Waals surface area contributed by atoms with Crippen LogP contribution >= 0.6 is 11.3 Å². The van der Waals surface area contributed by atoms with Crippen LogP contribution in [0.4, 0.5) is 0 Å². The summed E-state index contributed by atoms with van der Waals surface area (Å²) in [6.07, 6.45) is 0. The van der Waals surface area contributed by atoms with Crippen molar-refractivity contribution in [2.24, 2.45) is 0 Å². The number of aromatic nitrogens is 3. The molecule has 24 heavy (non-hydrogen) atoms. The molecule has 0 bridgehead atoms.